The summed E-state index contributed by atoms with van der Waals surface area (Å²) in [5.41, 5.74) is -0.214. The number of rotatable bonds is 6. The Bertz CT molecular complexity index is 1250. The monoisotopic (exact) mass is 465 g/mol. The number of likely N-dealkylation sites (N-methyl/N-ethyl adjacent to an activating group) is 1. The number of aryl methyl sites for hydroxylation is 1. The number of anilines is 1. The highest BCUT2D eigenvalue weighted by Crippen LogP contribution is 2.36. The molecule has 0 aliphatic carbocycles. The molecule has 3 aromatic rings. The van der Waals surface area contributed by atoms with E-state index in [-0.39, 0.29) is 5.56 Å². The van der Waals surface area contributed by atoms with Crippen molar-refractivity contribution < 1.29 is 22.5 Å². The van der Waals surface area contributed by atoms with E-state index in [0.29, 0.717) is 28.0 Å². The molecule has 0 spiro atoms. The van der Waals surface area contributed by atoms with Gasteiger partial charge in [0.15, 0.2) is 0 Å². The van der Waals surface area contributed by atoms with Crippen LogP contribution in [0.4, 0.5) is 19.0 Å². The van der Waals surface area contributed by atoms with Gasteiger partial charge in [0, 0.05) is 18.0 Å². The number of pyridine rings is 1. The highest BCUT2D eigenvalue weighted by Gasteiger charge is 2.43. The van der Waals surface area contributed by atoms with Crippen molar-refractivity contribution in [2.75, 3.05) is 25.7 Å². The first-order valence-corrected chi connectivity index (χ1v) is 12.3. The quantitative estimate of drug-likeness (QED) is 0.539. The zero-order valence-corrected chi connectivity index (χ0v) is 19.1. The highest BCUT2D eigenvalue weighted by atomic mass is 31.2. The van der Waals surface area contributed by atoms with E-state index in [4.69, 9.17) is 0 Å². The normalized spacial score (nSPS) is 13.1. The minimum absolute atomic E-state index is 0.0681. The lowest BCUT2D eigenvalue weighted by Gasteiger charge is -2.21. The summed E-state index contributed by atoms with van der Waals surface area (Å²) in [6, 6.07) is 4.31. The molecule has 7 nitrogen and oxygen atoms in total. The molecule has 0 unspecified atom stereocenters. The summed E-state index contributed by atoms with van der Waals surface area (Å²) in [6.45, 7) is 6.41. The third-order valence-corrected chi connectivity index (χ3v) is 6.28. The van der Waals surface area contributed by atoms with E-state index in [9.17, 15) is 18.1 Å². The van der Waals surface area contributed by atoms with Gasteiger partial charge in [-0.1, -0.05) is 12.1 Å². The van der Waals surface area contributed by atoms with Crippen LogP contribution in [0.5, 0.6) is 0 Å². The van der Waals surface area contributed by atoms with E-state index < -0.39 is 36.4 Å². The summed E-state index contributed by atoms with van der Waals surface area (Å²) in [7, 11) is -1.61. The van der Waals surface area contributed by atoms with Crippen LogP contribution in [0.25, 0.3) is 10.9 Å². The molecule has 0 bridgehead atoms. The number of benzene rings is 1. The van der Waals surface area contributed by atoms with E-state index in [1.807, 2.05) is 5.32 Å². The summed E-state index contributed by atoms with van der Waals surface area (Å²) < 4.78 is 56.3. The third-order valence-electron chi connectivity index (χ3n) is 4.93. The Morgan fingerprint density at radius 2 is 1.91 bits per heavy atom. The molecule has 3 rings (SSSR count). The average Bonchev–Trinajstić information content (AvgIpc) is 2.71. The Morgan fingerprint density at radius 1 is 1.22 bits per heavy atom. The van der Waals surface area contributed by atoms with Gasteiger partial charge in [-0.25, -0.2) is 14.4 Å². The van der Waals surface area contributed by atoms with Crippen LogP contribution < -0.4 is 16.1 Å². The van der Waals surface area contributed by atoms with Gasteiger partial charge in [-0.3, -0.25) is 9.78 Å². The molecule has 1 aromatic carbocycles. The Kier molecular flexibility index (Phi) is 6.29. The molecule has 2 aromatic heterocycles. The number of halogens is 3. The molecule has 0 fully saturated rings. The molecule has 1 amide bonds. The second-order valence-electron chi connectivity index (χ2n) is 7.76. The van der Waals surface area contributed by atoms with E-state index in [2.05, 4.69) is 20.3 Å². The van der Waals surface area contributed by atoms with Crippen molar-refractivity contribution in [3.8, 4) is 0 Å². The zero-order chi connectivity index (χ0) is 23.8. The molecular formula is C21H23F3N5O2P. The van der Waals surface area contributed by atoms with Crippen LogP contribution in [0, 0.1) is 12.7 Å². The van der Waals surface area contributed by atoms with Crippen molar-refractivity contribution >= 4 is 35.2 Å². The first-order chi connectivity index (χ1) is 14.9. The summed E-state index contributed by atoms with van der Waals surface area (Å²) >= 11 is 0. The Hall–Kier alpha value is -3.00. The highest BCUT2D eigenvalue weighted by molar-refractivity contribution is 7.69. The molecule has 0 radical (unpaired) electrons. The van der Waals surface area contributed by atoms with Crippen LogP contribution in [0.15, 0.2) is 30.5 Å². The van der Waals surface area contributed by atoms with Gasteiger partial charge in [-0.15, -0.1) is 0 Å². The van der Waals surface area contributed by atoms with Crippen LogP contribution >= 0.6 is 7.14 Å². The molecule has 2 heterocycles. The summed E-state index contributed by atoms with van der Waals surface area (Å²) in [5.74, 6) is -6.09. The van der Waals surface area contributed by atoms with Crippen LogP contribution in [0.1, 0.15) is 29.9 Å². The Labute approximate surface area is 183 Å². The van der Waals surface area contributed by atoms with Crippen molar-refractivity contribution in [1.29, 1.82) is 0 Å². The fourth-order valence-electron chi connectivity index (χ4n) is 3.23. The number of alkyl halides is 2. The van der Waals surface area contributed by atoms with Crippen molar-refractivity contribution in [3.05, 3.63) is 53.2 Å². The van der Waals surface area contributed by atoms with Crippen molar-refractivity contribution in [2.45, 2.75) is 25.8 Å². The number of fused-ring (bicyclic) bond motifs is 1. The maximum atomic E-state index is 15.1. The van der Waals surface area contributed by atoms with Gasteiger partial charge in [0.2, 0.25) is 0 Å². The second-order valence-corrected chi connectivity index (χ2v) is 10.9. The predicted molar refractivity (Wildman–Crippen MR) is 118 cm³/mol. The molecule has 1 atom stereocenters. The fraction of sp³-hybridized carbons (Fsp3) is 0.333. The molecule has 170 valence electrons. The summed E-state index contributed by atoms with van der Waals surface area (Å²) in [5, 5.41) is 5.39. The van der Waals surface area contributed by atoms with Gasteiger partial charge in [0.05, 0.1) is 23.3 Å². The fourth-order valence-corrected chi connectivity index (χ4v) is 4.01. The number of carbonyl (C=O) groups is 1. The van der Waals surface area contributed by atoms with Gasteiger partial charge in [0.1, 0.15) is 30.0 Å². The van der Waals surface area contributed by atoms with Gasteiger partial charge in [0.25, 0.3) is 5.91 Å². The Balaban J connectivity index is 2.06. The largest absolute Gasteiger partial charge is 0.363 e. The predicted octanol–water partition coefficient (Wildman–Crippen LogP) is 3.73. The van der Waals surface area contributed by atoms with Crippen LogP contribution in [-0.4, -0.2) is 41.2 Å². The molecular weight excluding hydrogens is 442 g/mol. The van der Waals surface area contributed by atoms with E-state index >= 15 is 4.39 Å². The lowest BCUT2D eigenvalue weighted by Crippen LogP contribution is -2.36. The first kappa shape index (κ1) is 23.7. The van der Waals surface area contributed by atoms with Gasteiger partial charge in [-0.05, 0) is 39.3 Å². The van der Waals surface area contributed by atoms with Crippen LogP contribution in [-0.2, 0) is 15.3 Å². The van der Waals surface area contributed by atoms with E-state index in [1.54, 1.807) is 33.2 Å². The van der Waals surface area contributed by atoms with Crippen molar-refractivity contribution in [2.24, 2.45) is 0 Å². The number of nitrogens with zero attached hydrogens (tertiary/aromatic N) is 3. The average molecular weight is 465 g/mol. The Morgan fingerprint density at radius 3 is 2.53 bits per heavy atom. The molecule has 2 N–H and O–H groups in total. The maximum absolute atomic E-state index is 15.1. The molecule has 32 heavy (non-hydrogen) atoms. The molecule has 11 heteroatoms. The van der Waals surface area contributed by atoms with Crippen LogP contribution in [0.3, 0.4) is 0 Å². The van der Waals surface area contributed by atoms with Crippen molar-refractivity contribution in [1.82, 2.24) is 20.3 Å². The summed E-state index contributed by atoms with van der Waals surface area (Å²) in [4.78, 5) is 24.4. The zero-order valence-electron chi connectivity index (χ0n) is 18.2. The van der Waals surface area contributed by atoms with Crippen LogP contribution in [0.2, 0.25) is 0 Å². The number of carbonyl (C=O) groups excluding carboxylic acids is 1. The molecule has 0 aliphatic heterocycles. The van der Waals surface area contributed by atoms with Gasteiger partial charge >= 0.3 is 5.92 Å². The number of amides is 1. The SMILES string of the molecule is CNC(=O)C(F)(F)c1cccc([C@@H](C)Nc2nc(C)nc3cnc(P(C)(C)=O)cc23)c1F. The topological polar surface area (TPSA) is 96.9 Å². The lowest BCUT2D eigenvalue weighted by atomic mass is 9.99. The lowest BCUT2D eigenvalue weighted by molar-refractivity contribution is -0.146. The minimum Gasteiger partial charge on any atom is -0.363 e. The van der Waals surface area contributed by atoms with E-state index in [0.717, 1.165) is 13.1 Å². The number of hydrogen-bond acceptors (Lipinski definition) is 6. The molecule has 0 saturated heterocycles. The number of hydrogen-bond donors (Lipinski definition) is 2. The maximum Gasteiger partial charge on any atom is 0.352 e. The van der Waals surface area contributed by atoms with Gasteiger partial charge < -0.3 is 15.2 Å². The van der Waals surface area contributed by atoms with E-state index in [1.165, 1.54) is 18.3 Å². The number of aromatic nitrogens is 3. The number of nitrogens with one attached hydrogen (secondary N) is 2. The smallest absolute Gasteiger partial charge is 0.352 e. The minimum atomic E-state index is -4.03. The first-order valence-electron chi connectivity index (χ1n) is 9.71. The molecule has 0 saturated carbocycles. The standard InChI is InChI=1S/C21H23F3N5O2P/c1-11(13-7-6-8-15(18(13)22)21(23,24)20(30)25-3)27-19-14-9-17(32(4,5)31)26-10-16(14)28-12(2)29-19/h6-11H,1-5H3,(H,25,30)(H,27,28,29)/t11-/m1/s1. The third kappa shape index (κ3) is 4.46. The summed E-state index contributed by atoms with van der Waals surface area (Å²) in [6.07, 6.45) is 1.49. The molecule has 0 aliphatic rings. The van der Waals surface area contributed by atoms with Gasteiger partial charge in [-0.2, -0.15) is 8.78 Å². The second kappa shape index (κ2) is 8.50. The van der Waals surface area contributed by atoms with Crippen molar-refractivity contribution in [3.63, 3.8) is 0 Å².